The molecule has 0 spiro atoms. The largest absolute Gasteiger partial charge is 0.308 e. The number of likely N-dealkylation sites (N-methyl/N-ethyl adjacent to an activating group) is 1. The Bertz CT molecular complexity index is 286. The zero-order chi connectivity index (χ0) is 12.7. The van der Waals surface area contributed by atoms with E-state index in [1.807, 2.05) is 18.3 Å². The first-order valence-corrected chi connectivity index (χ1v) is 6.36. The molecule has 3 nitrogen and oxygen atoms in total. The second kappa shape index (κ2) is 7.41. The SMILES string of the molecule is CC(C)CC(CN(C)C)NCc1ccccn1. The minimum Gasteiger partial charge on any atom is -0.308 e. The van der Waals surface area contributed by atoms with Crippen molar-refractivity contribution in [3.63, 3.8) is 0 Å². The lowest BCUT2D eigenvalue weighted by Gasteiger charge is -2.23. The molecular weight excluding hydrogens is 210 g/mol. The van der Waals surface area contributed by atoms with Crippen LogP contribution in [0.1, 0.15) is 26.0 Å². The molecule has 1 heterocycles. The number of aromatic nitrogens is 1. The quantitative estimate of drug-likeness (QED) is 0.785. The number of hydrogen-bond acceptors (Lipinski definition) is 3. The van der Waals surface area contributed by atoms with Gasteiger partial charge in [-0.1, -0.05) is 19.9 Å². The van der Waals surface area contributed by atoms with Crippen molar-refractivity contribution in [2.24, 2.45) is 5.92 Å². The van der Waals surface area contributed by atoms with Gasteiger partial charge in [0.25, 0.3) is 0 Å². The number of nitrogens with one attached hydrogen (secondary N) is 1. The Hall–Kier alpha value is -0.930. The summed E-state index contributed by atoms with van der Waals surface area (Å²) < 4.78 is 0. The molecule has 0 aliphatic heterocycles. The molecule has 1 aromatic heterocycles. The van der Waals surface area contributed by atoms with Crippen LogP contribution in [0, 0.1) is 5.92 Å². The lowest BCUT2D eigenvalue weighted by atomic mass is 10.0. The molecule has 0 aliphatic carbocycles. The molecule has 3 heteroatoms. The molecule has 0 radical (unpaired) electrons. The van der Waals surface area contributed by atoms with Gasteiger partial charge in [-0.15, -0.1) is 0 Å². The minimum atomic E-state index is 0.534. The normalized spacial score (nSPS) is 13.3. The van der Waals surface area contributed by atoms with Gasteiger partial charge < -0.3 is 10.2 Å². The molecule has 1 N–H and O–H groups in total. The maximum absolute atomic E-state index is 4.33. The van der Waals surface area contributed by atoms with E-state index in [-0.39, 0.29) is 0 Å². The van der Waals surface area contributed by atoms with Gasteiger partial charge in [-0.2, -0.15) is 0 Å². The van der Waals surface area contributed by atoms with E-state index in [4.69, 9.17) is 0 Å². The Kier molecular flexibility index (Phi) is 6.16. The predicted octanol–water partition coefficient (Wildman–Crippen LogP) is 2.15. The second-order valence-electron chi connectivity index (χ2n) is 5.29. The summed E-state index contributed by atoms with van der Waals surface area (Å²) in [5.74, 6) is 0.719. The van der Waals surface area contributed by atoms with Crippen molar-refractivity contribution in [3.05, 3.63) is 30.1 Å². The molecule has 1 aromatic rings. The average molecular weight is 235 g/mol. The third-order valence-electron chi connectivity index (χ3n) is 2.64. The van der Waals surface area contributed by atoms with Gasteiger partial charge in [0.2, 0.25) is 0 Å². The highest BCUT2D eigenvalue weighted by molar-refractivity contribution is 5.03. The van der Waals surface area contributed by atoms with Gasteiger partial charge in [0, 0.05) is 25.3 Å². The molecular formula is C14H25N3. The fraction of sp³-hybridized carbons (Fsp3) is 0.643. The molecule has 0 fully saturated rings. The maximum Gasteiger partial charge on any atom is 0.0541 e. The Balaban J connectivity index is 2.43. The van der Waals surface area contributed by atoms with Crippen LogP contribution in [0.4, 0.5) is 0 Å². The Morgan fingerprint density at radius 3 is 2.59 bits per heavy atom. The van der Waals surface area contributed by atoms with Crippen molar-refractivity contribution in [2.75, 3.05) is 20.6 Å². The Labute approximate surface area is 105 Å². The van der Waals surface area contributed by atoms with Gasteiger partial charge in [0.1, 0.15) is 0 Å². The van der Waals surface area contributed by atoms with Crippen LogP contribution in [0.25, 0.3) is 0 Å². The lowest BCUT2D eigenvalue weighted by molar-refractivity contribution is 0.304. The average Bonchev–Trinajstić information content (AvgIpc) is 2.26. The zero-order valence-electron chi connectivity index (χ0n) is 11.5. The summed E-state index contributed by atoms with van der Waals surface area (Å²) in [6.45, 7) is 6.47. The summed E-state index contributed by atoms with van der Waals surface area (Å²) in [6, 6.07) is 6.59. The van der Waals surface area contributed by atoms with Crippen LogP contribution >= 0.6 is 0 Å². The molecule has 0 amide bonds. The van der Waals surface area contributed by atoms with Crippen LogP contribution in [0.15, 0.2) is 24.4 Å². The van der Waals surface area contributed by atoms with E-state index in [9.17, 15) is 0 Å². The molecule has 1 unspecified atom stereocenters. The van der Waals surface area contributed by atoms with Crippen LogP contribution < -0.4 is 5.32 Å². The molecule has 96 valence electrons. The Morgan fingerprint density at radius 1 is 1.29 bits per heavy atom. The van der Waals surface area contributed by atoms with E-state index in [0.717, 1.165) is 24.7 Å². The topological polar surface area (TPSA) is 28.2 Å². The number of rotatable bonds is 7. The van der Waals surface area contributed by atoms with Crippen molar-refractivity contribution in [1.82, 2.24) is 15.2 Å². The van der Waals surface area contributed by atoms with E-state index in [1.165, 1.54) is 6.42 Å². The molecule has 1 rings (SSSR count). The van der Waals surface area contributed by atoms with E-state index >= 15 is 0 Å². The van der Waals surface area contributed by atoms with Crippen LogP contribution in [-0.2, 0) is 6.54 Å². The van der Waals surface area contributed by atoms with Crippen LogP contribution in [0.3, 0.4) is 0 Å². The summed E-state index contributed by atoms with van der Waals surface area (Å²) in [5, 5.41) is 3.59. The van der Waals surface area contributed by atoms with Crippen molar-refractivity contribution < 1.29 is 0 Å². The molecule has 0 bridgehead atoms. The highest BCUT2D eigenvalue weighted by Crippen LogP contribution is 2.06. The first-order valence-electron chi connectivity index (χ1n) is 6.36. The summed E-state index contributed by atoms with van der Waals surface area (Å²) in [5.41, 5.74) is 1.11. The second-order valence-corrected chi connectivity index (χ2v) is 5.29. The molecule has 0 saturated heterocycles. The number of pyridine rings is 1. The molecule has 17 heavy (non-hydrogen) atoms. The van der Waals surface area contributed by atoms with E-state index in [0.29, 0.717) is 6.04 Å². The van der Waals surface area contributed by atoms with Gasteiger partial charge in [-0.05, 0) is 38.6 Å². The fourth-order valence-electron chi connectivity index (χ4n) is 1.98. The lowest BCUT2D eigenvalue weighted by Crippen LogP contribution is -2.38. The number of nitrogens with zero attached hydrogens (tertiary/aromatic N) is 2. The smallest absolute Gasteiger partial charge is 0.0541 e. The van der Waals surface area contributed by atoms with Gasteiger partial charge >= 0.3 is 0 Å². The van der Waals surface area contributed by atoms with Crippen molar-refractivity contribution in [3.8, 4) is 0 Å². The van der Waals surface area contributed by atoms with Gasteiger partial charge in [0.05, 0.1) is 5.69 Å². The van der Waals surface area contributed by atoms with Gasteiger partial charge in [0.15, 0.2) is 0 Å². The monoisotopic (exact) mass is 235 g/mol. The molecule has 0 saturated carbocycles. The first kappa shape index (κ1) is 14.1. The van der Waals surface area contributed by atoms with E-state index in [2.05, 4.69) is 49.2 Å². The molecule has 0 aromatic carbocycles. The van der Waals surface area contributed by atoms with Crippen LogP contribution in [-0.4, -0.2) is 36.6 Å². The van der Waals surface area contributed by atoms with Crippen LogP contribution in [0.5, 0.6) is 0 Å². The number of hydrogen-bond donors (Lipinski definition) is 1. The summed E-state index contributed by atoms with van der Waals surface area (Å²) in [6.07, 6.45) is 3.05. The van der Waals surface area contributed by atoms with Crippen molar-refractivity contribution in [1.29, 1.82) is 0 Å². The fourth-order valence-corrected chi connectivity index (χ4v) is 1.98. The van der Waals surface area contributed by atoms with E-state index < -0.39 is 0 Å². The standard InChI is InChI=1S/C14H25N3/c1-12(2)9-14(11-17(3)4)16-10-13-7-5-6-8-15-13/h5-8,12,14,16H,9-11H2,1-4H3. The summed E-state index contributed by atoms with van der Waals surface area (Å²) in [4.78, 5) is 6.57. The van der Waals surface area contributed by atoms with Gasteiger partial charge in [-0.3, -0.25) is 4.98 Å². The van der Waals surface area contributed by atoms with Gasteiger partial charge in [-0.25, -0.2) is 0 Å². The maximum atomic E-state index is 4.33. The highest BCUT2D eigenvalue weighted by atomic mass is 15.1. The molecule has 0 aliphatic rings. The van der Waals surface area contributed by atoms with E-state index in [1.54, 1.807) is 0 Å². The first-order chi connectivity index (χ1) is 8.08. The molecule has 1 atom stereocenters. The van der Waals surface area contributed by atoms with Crippen molar-refractivity contribution >= 4 is 0 Å². The van der Waals surface area contributed by atoms with Crippen molar-refractivity contribution in [2.45, 2.75) is 32.9 Å². The minimum absolute atomic E-state index is 0.534. The third kappa shape index (κ3) is 6.39. The highest BCUT2D eigenvalue weighted by Gasteiger charge is 2.11. The Morgan fingerprint density at radius 2 is 2.06 bits per heavy atom. The summed E-state index contributed by atoms with van der Waals surface area (Å²) >= 11 is 0. The van der Waals surface area contributed by atoms with Crippen LogP contribution in [0.2, 0.25) is 0 Å². The third-order valence-corrected chi connectivity index (χ3v) is 2.64. The summed E-state index contributed by atoms with van der Waals surface area (Å²) in [7, 11) is 4.24. The zero-order valence-corrected chi connectivity index (χ0v) is 11.5. The predicted molar refractivity (Wildman–Crippen MR) is 72.9 cm³/mol.